The van der Waals surface area contributed by atoms with Crippen LogP contribution in [0.2, 0.25) is 0 Å². The largest absolute Gasteiger partial charge is 0.344 e. The predicted octanol–water partition coefficient (Wildman–Crippen LogP) is 2.44. The maximum absolute atomic E-state index is 13.1. The summed E-state index contributed by atoms with van der Waals surface area (Å²) in [4.78, 5) is 13.7. The summed E-state index contributed by atoms with van der Waals surface area (Å²) in [7, 11) is 1.72. The highest BCUT2D eigenvalue weighted by Crippen LogP contribution is 2.46. The van der Waals surface area contributed by atoms with Crippen molar-refractivity contribution >= 4 is 5.91 Å². The molecule has 1 aliphatic rings. The van der Waals surface area contributed by atoms with Gasteiger partial charge in [0.05, 0.1) is 6.07 Å². The van der Waals surface area contributed by atoms with E-state index in [-0.39, 0.29) is 11.7 Å². The lowest BCUT2D eigenvalue weighted by atomic mass is 10.1. The first kappa shape index (κ1) is 13.5. The fourth-order valence-electron chi connectivity index (χ4n) is 2.12. The third-order valence-electron chi connectivity index (χ3n) is 3.68. The van der Waals surface area contributed by atoms with E-state index in [1.165, 1.54) is 6.07 Å². The van der Waals surface area contributed by atoms with E-state index in [0.29, 0.717) is 31.4 Å². The second kappa shape index (κ2) is 5.00. The van der Waals surface area contributed by atoms with E-state index in [9.17, 15) is 9.18 Å². The lowest BCUT2D eigenvalue weighted by Crippen LogP contribution is -2.34. The Labute approximate surface area is 112 Å². The first-order valence-electron chi connectivity index (χ1n) is 6.40. The smallest absolute Gasteiger partial charge is 0.242 e. The molecule has 2 rings (SSSR count). The molecule has 1 aliphatic carbocycles. The molecule has 0 aliphatic heterocycles. The van der Waals surface area contributed by atoms with Crippen LogP contribution in [0.15, 0.2) is 18.2 Å². The minimum absolute atomic E-state index is 0.0890. The Morgan fingerprint density at radius 1 is 1.53 bits per heavy atom. The second-order valence-electron chi connectivity index (χ2n) is 5.25. The van der Waals surface area contributed by atoms with Crippen molar-refractivity contribution < 1.29 is 9.18 Å². The van der Waals surface area contributed by atoms with E-state index >= 15 is 0 Å². The van der Waals surface area contributed by atoms with E-state index in [1.807, 2.05) is 0 Å². The number of nitriles is 1. The zero-order valence-corrected chi connectivity index (χ0v) is 11.2. The van der Waals surface area contributed by atoms with Crippen molar-refractivity contribution in [1.82, 2.24) is 4.90 Å². The van der Waals surface area contributed by atoms with Crippen LogP contribution in [-0.2, 0) is 11.2 Å². The van der Waals surface area contributed by atoms with Gasteiger partial charge in [0, 0.05) is 13.6 Å². The van der Waals surface area contributed by atoms with Gasteiger partial charge < -0.3 is 4.90 Å². The van der Waals surface area contributed by atoms with Gasteiger partial charge in [-0.15, -0.1) is 0 Å². The zero-order valence-electron chi connectivity index (χ0n) is 11.2. The van der Waals surface area contributed by atoms with Crippen LogP contribution in [0.3, 0.4) is 0 Å². The molecule has 3 nitrogen and oxygen atoms in total. The maximum Gasteiger partial charge on any atom is 0.242 e. The molecule has 0 radical (unpaired) electrons. The third kappa shape index (κ3) is 2.76. The number of nitrogens with zero attached hydrogens (tertiary/aromatic N) is 2. The van der Waals surface area contributed by atoms with Gasteiger partial charge in [-0.25, -0.2) is 4.39 Å². The van der Waals surface area contributed by atoms with Crippen molar-refractivity contribution in [3.8, 4) is 6.07 Å². The molecule has 1 aromatic carbocycles. The minimum atomic E-state index is -0.756. The number of benzene rings is 1. The molecule has 1 saturated carbocycles. The Kier molecular flexibility index (Phi) is 3.57. The van der Waals surface area contributed by atoms with Crippen molar-refractivity contribution in [1.29, 1.82) is 5.26 Å². The first-order chi connectivity index (χ1) is 8.98. The monoisotopic (exact) mass is 260 g/mol. The highest BCUT2D eigenvalue weighted by atomic mass is 19.1. The number of carbonyl (C=O) groups excluding carboxylic acids is 1. The Hall–Kier alpha value is -1.89. The van der Waals surface area contributed by atoms with Crippen molar-refractivity contribution in [2.75, 3.05) is 13.6 Å². The van der Waals surface area contributed by atoms with Crippen LogP contribution in [-0.4, -0.2) is 24.4 Å². The molecule has 100 valence electrons. The highest BCUT2D eigenvalue weighted by Gasteiger charge is 2.51. The molecule has 0 heterocycles. The summed E-state index contributed by atoms with van der Waals surface area (Å²) in [6.45, 7) is 2.27. The van der Waals surface area contributed by atoms with E-state index < -0.39 is 5.41 Å². The summed E-state index contributed by atoms with van der Waals surface area (Å²) in [5, 5.41) is 8.99. The third-order valence-corrected chi connectivity index (χ3v) is 3.68. The highest BCUT2D eigenvalue weighted by molar-refractivity contribution is 5.88. The molecule has 19 heavy (non-hydrogen) atoms. The fraction of sp³-hybridized carbons (Fsp3) is 0.467. The predicted molar refractivity (Wildman–Crippen MR) is 69.8 cm³/mol. The van der Waals surface area contributed by atoms with Crippen LogP contribution in [0.5, 0.6) is 0 Å². The van der Waals surface area contributed by atoms with Crippen molar-refractivity contribution in [3.63, 3.8) is 0 Å². The molecule has 0 unspecified atom stereocenters. The van der Waals surface area contributed by atoms with Gasteiger partial charge >= 0.3 is 0 Å². The molecule has 0 bridgehead atoms. The number of aryl methyl sites for hydroxylation is 1. The number of hydrogen-bond acceptors (Lipinski definition) is 2. The SMILES string of the molecule is Cc1cc(CCN(C)C(=O)C2(C#N)CC2)ccc1F. The molecule has 1 amide bonds. The lowest BCUT2D eigenvalue weighted by Gasteiger charge is -2.19. The Bertz CT molecular complexity index is 544. The van der Waals surface area contributed by atoms with Crippen LogP contribution in [0, 0.1) is 29.5 Å². The number of halogens is 1. The van der Waals surface area contributed by atoms with Gasteiger partial charge in [0.25, 0.3) is 0 Å². The Balaban J connectivity index is 1.93. The van der Waals surface area contributed by atoms with Crippen LogP contribution in [0.1, 0.15) is 24.0 Å². The van der Waals surface area contributed by atoms with E-state index in [0.717, 1.165) is 5.56 Å². The molecule has 4 heteroatoms. The normalized spacial score (nSPS) is 15.7. The number of amides is 1. The topological polar surface area (TPSA) is 44.1 Å². The van der Waals surface area contributed by atoms with Gasteiger partial charge in [0.1, 0.15) is 11.2 Å². The van der Waals surface area contributed by atoms with Gasteiger partial charge in [0.15, 0.2) is 0 Å². The molecular formula is C15H17FN2O. The fourth-order valence-corrected chi connectivity index (χ4v) is 2.12. The summed E-state index contributed by atoms with van der Waals surface area (Å²) in [5.74, 6) is -0.302. The van der Waals surface area contributed by atoms with Gasteiger partial charge in [0.2, 0.25) is 5.91 Å². The van der Waals surface area contributed by atoms with E-state index in [2.05, 4.69) is 6.07 Å². The molecular weight excluding hydrogens is 243 g/mol. The number of likely N-dealkylation sites (N-methyl/N-ethyl adjacent to an activating group) is 1. The molecule has 0 spiro atoms. The summed E-state index contributed by atoms with van der Waals surface area (Å²) in [6.07, 6.45) is 2.01. The Morgan fingerprint density at radius 3 is 2.74 bits per heavy atom. The zero-order chi connectivity index (χ0) is 14.0. The lowest BCUT2D eigenvalue weighted by molar-refractivity contribution is -0.133. The number of hydrogen-bond donors (Lipinski definition) is 0. The molecule has 0 N–H and O–H groups in total. The number of rotatable bonds is 4. The summed E-state index contributed by atoms with van der Waals surface area (Å²) >= 11 is 0. The standard InChI is InChI=1S/C15H17FN2O/c1-11-9-12(3-4-13(11)16)5-8-18(2)14(19)15(10-17)6-7-15/h3-4,9H,5-8H2,1-2H3. The number of carbonyl (C=O) groups is 1. The molecule has 1 fully saturated rings. The van der Waals surface area contributed by atoms with Crippen LogP contribution >= 0.6 is 0 Å². The van der Waals surface area contributed by atoms with Crippen molar-refractivity contribution in [3.05, 3.63) is 35.1 Å². The Morgan fingerprint density at radius 2 is 2.21 bits per heavy atom. The van der Waals surface area contributed by atoms with Crippen LogP contribution in [0.25, 0.3) is 0 Å². The molecule has 0 atom stereocenters. The summed E-state index contributed by atoms with van der Waals surface area (Å²) in [6, 6.07) is 7.09. The van der Waals surface area contributed by atoms with Crippen LogP contribution in [0.4, 0.5) is 4.39 Å². The van der Waals surface area contributed by atoms with Gasteiger partial charge in [-0.2, -0.15) is 5.26 Å². The average Bonchev–Trinajstić information content (AvgIpc) is 3.20. The molecule has 0 aromatic heterocycles. The minimum Gasteiger partial charge on any atom is -0.344 e. The maximum atomic E-state index is 13.1. The van der Waals surface area contributed by atoms with E-state index in [4.69, 9.17) is 5.26 Å². The van der Waals surface area contributed by atoms with Crippen molar-refractivity contribution in [2.45, 2.75) is 26.2 Å². The first-order valence-corrected chi connectivity index (χ1v) is 6.40. The molecule has 1 aromatic rings. The molecule has 0 saturated heterocycles. The van der Waals surface area contributed by atoms with E-state index in [1.54, 1.807) is 31.0 Å². The summed E-state index contributed by atoms with van der Waals surface area (Å²) < 4.78 is 13.1. The summed E-state index contributed by atoms with van der Waals surface area (Å²) in [5.41, 5.74) is 0.857. The second-order valence-corrected chi connectivity index (χ2v) is 5.25. The average molecular weight is 260 g/mol. The van der Waals surface area contributed by atoms with Crippen molar-refractivity contribution in [2.24, 2.45) is 5.41 Å². The quantitative estimate of drug-likeness (QED) is 0.834. The van der Waals surface area contributed by atoms with Crippen LogP contribution < -0.4 is 0 Å². The van der Waals surface area contributed by atoms with Gasteiger partial charge in [-0.3, -0.25) is 4.79 Å². The van der Waals surface area contributed by atoms with Gasteiger partial charge in [-0.1, -0.05) is 12.1 Å². The van der Waals surface area contributed by atoms with Gasteiger partial charge in [-0.05, 0) is 43.4 Å².